The standard InChI is InChI=1S/C9H11BrN2O4/c10-4-6-5(13)3-8(16-6)12-2-1-7(14)11-9(12)15/h1-2,5-6,8,13H,3-4H2,(H,11,14,15)/t5-,6+,8+/m0/s1. The Morgan fingerprint density at radius 3 is 2.94 bits per heavy atom. The molecule has 0 bridgehead atoms. The third-order valence-corrected chi connectivity index (χ3v) is 3.16. The molecule has 6 nitrogen and oxygen atoms in total. The highest BCUT2D eigenvalue weighted by Gasteiger charge is 2.34. The van der Waals surface area contributed by atoms with Gasteiger partial charge in [-0.15, -0.1) is 0 Å². The molecule has 0 amide bonds. The van der Waals surface area contributed by atoms with Gasteiger partial charge in [0.25, 0.3) is 5.56 Å². The zero-order chi connectivity index (χ0) is 11.7. The lowest BCUT2D eigenvalue weighted by Crippen LogP contribution is -2.31. The number of halogens is 1. The van der Waals surface area contributed by atoms with Crippen molar-refractivity contribution in [3.8, 4) is 0 Å². The normalized spacial score (nSPS) is 29.5. The fraction of sp³-hybridized carbons (Fsp3) is 0.556. The van der Waals surface area contributed by atoms with E-state index >= 15 is 0 Å². The van der Waals surface area contributed by atoms with Gasteiger partial charge in [-0.2, -0.15) is 0 Å². The summed E-state index contributed by atoms with van der Waals surface area (Å²) in [7, 11) is 0. The van der Waals surface area contributed by atoms with E-state index in [-0.39, 0.29) is 6.10 Å². The van der Waals surface area contributed by atoms with Gasteiger partial charge in [0.2, 0.25) is 0 Å². The molecule has 0 aromatic carbocycles. The fourth-order valence-corrected chi connectivity index (χ4v) is 2.26. The van der Waals surface area contributed by atoms with Crippen molar-refractivity contribution in [2.45, 2.75) is 24.9 Å². The average molecular weight is 291 g/mol. The molecule has 0 aliphatic carbocycles. The molecule has 16 heavy (non-hydrogen) atoms. The van der Waals surface area contributed by atoms with Gasteiger partial charge >= 0.3 is 5.69 Å². The van der Waals surface area contributed by atoms with E-state index < -0.39 is 23.6 Å². The SMILES string of the molecule is O=c1ccn([C@H]2C[C@H](O)[C@@H](CBr)O2)c(=O)[nH]1. The van der Waals surface area contributed by atoms with Gasteiger partial charge in [0.05, 0.1) is 12.2 Å². The second-order valence-corrected chi connectivity index (χ2v) is 4.25. The predicted molar refractivity (Wildman–Crippen MR) is 59.7 cm³/mol. The Kier molecular flexibility index (Phi) is 3.27. The van der Waals surface area contributed by atoms with Crippen LogP contribution in [-0.4, -0.2) is 32.2 Å². The highest BCUT2D eigenvalue weighted by Crippen LogP contribution is 2.28. The van der Waals surface area contributed by atoms with Crippen LogP contribution in [0.2, 0.25) is 0 Å². The van der Waals surface area contributed by atoms with Gasteiger partial charge in [-0.1, -0.05) is 15.9 Å². The van der Waals surface area contributed by atoms with Crippen molar-refractivity contribution in [3.05, 3.63) is 33.1 Å². The van der Waals surface area contributed by atoms with E-state index in [1.165, 1.54) is 16.8 Å². The zero-order valence-corrected chi connectivity index (χ0v) is 9.88. The van der Waals surface area contributed by atoms with Gasteiger partial charge in [-0.25, -0.2) is 4.79 Å². The van der Waals surface area contributed by atoms with Gasteiger partial charge in [0.15, 0.2) is 0 Å². The zero-order valence-electron chi connectivity index (χ0n) is 8.30. The molecule has 1 fully saturated rings. The van der Waals surface area contributed by atoms with Gasteiger partial charge < -0.3 is 9.84 Å². The Bertz CT molecular complexity index is 483. The number of hydrogen-bond acceptors (Lipinski definition) is 4. The Morgan fingerprint density at radius 1 is 1.62 bits per heavy atom. The molecule has 88 valence electrons. The van der Waals surface area contributed by atoms with Crippen LogP contribution in [-0.2, 0) is 4.74 Å². The first-order valence-corrected chi connectivity index (χ1v) is 5.95. The maximum atomic E-state index is 11.5. The van der Waals surface area contributed by atoms with Crippen molar-refractivity contribution in [3.63, 3.8) is 0 Å². The second kappa shape index (κ2) is 4.52. The molecular weight excluding hydrogens is 280 g/mol. The molecule has 0 saturated carbocycles. The summed E-state index contributed by atoms with van der Waals surface area (Å²) in [6.45, 7) is 0. The summed E-state index contributed by atoms with van der Waals surface area (Å²) in [5.41, 5.74) is -0.975. The maximum Gasteiger partial charge on any atom is 0.330 e. The number of aromatic amines is 1. The van der Waals surface area contributed by atoms with Crippen molar-refractivity contribution in [1.82, 2.24) is 9.55 Å². The number of H-pyrrole nitrogens is 1. The van der Waals surface area contributed by atoms with Crippen LogP contribution in [0.1, 0.15) is 12.6 Å². The molecule has 1 aliphatic rings. The van der Waals surface area contributed by atoms with Crippen LogP contribution in [0.3, 0.4) is 0 Å². The van der Waals surface area contributed by atoms with Crippen molar-refractivity contribution in [1.29, 1.82) is 0 Å². The highest BCUT2D eigenvalue weighted by molar-refractivity contribution is 9.09. The largest absolute Gasteiger partial charge is 0.390 e. The maximum absolute atomic E-state index is 11.5. The van der Waals surface area contributed by atoms with Crippen LogP contribution in [0.4, 0.5) is 0 Å². The molecule has 3 atom stereocenters. The molecule has 0 unspecified atom stereocenters. The number of aromatic nitrogens is 2. The third kappa shape index (κ3) is 2.11. The number of aliphatic hydroxyl groups is 1. The van der Waals surface area contributed by atoms with Crippen LogP contribution in [0, 0.1) is 0 Å². The number of alkyl halides is 1. The topological polar surface area (TPSA) is 84.3 Å². The van der Waals surface area contributed by atoms with Crippen molar-refractivity contribution >= 4 is 15.9 Å². The molecule has 0 spiro atoms. The van der Waals surface area contributed by atoms with Crippen LogP contribution >= 0.6 is 15.9 Å². The summed E-state index contributed by atoms with van der Waals surface area (Å²) in [6.07, 6.45) is 0.242. The Hall–Kier alpha value is -0.920. The highest BCUT2D eigenvalue weighted by atomic mass is 79.9. The number of ether oxygens (including phenoxy) is 1. The minimum absolute atomic E-state index is 0.330. The molecule has 2 rings (SSSR count). The Balaban J connectivity index is 2.27. The van der Waals surface area contributed by atoms with E-state index in [0.29, 0.717) is 11.8 Å². The minimum Gasteiger partial charge on any atom is -0.390 e. The molecule has 2 N–H and O–H groups in total. The summed E-state index contributed by atoms with van der Waals surface area (Å²) in [5.74, 6) is 0. The van der Waals surface area contributed by atoms with E-state index in [1.807, 2.05) is 0 Å². The van der Waals surface area contributed by atoms with E-state index in [1.54, 1.807) is 0 Å². The quantitative estimate of drug-likeness (QED) is 0.725. The van der Waals surface area contributed by atoms with E-state index in [4.69, 9.17) is 4.74 Å². The Labute approximate surface area is 99.0 Å². The lowest BCUT2D eigenvalue weighted by atomic mass is 10.2. The first kappa shape index (κ1) is 11.6. The first-order valence-electron chi connectivity index (χ1n) is 4.83. The van der Waals surface area contributed by atoms with E-state index in [2.05, 4.69) is 20.9 Å². The Morgan fingerprint density at radius 2 is 2.38 bits per heavy atom. The van der Waals surface area contributed by atoms with Crippen molar-refractivity contribution in [2.24, 2.45) is 0 Å². The number of nitrogens with zero attached hydrogens (tertiary/aromatic N) is 1. The lowest BCUT2D eigenvalue weighted by molar-refractivity contribution is -0.00695. The molecule has 2 heterocycles. The molecule has 0 radical (unpaired) electrons. The summed E-state index contributed by atoms with van der Waals surface area (Å²) in [6, 6.07) is 1.25. The molecular formula is C9H11BrN2O4. The van der Waals surface area contributed by atoms with Gasteiger partial charge in [-0.3, -0.25) is 14.3 Å². The monoisotopic (exact) mass is 290 g/mol. The third-order valence-electron chi connectivity index (χ3n) is 2.52. The summed E-state index contributed by atoms with van der Waals surface area (Å²) < 4.78 is 6.74. The predicted octanol–water partition coefficient (Wildman–Crippen LogP) is -0.420. The summed E-state index contributed by atoms with van der Waals surface area (Å²) in [5, 5.41) is 10.1. The molecule has 1 aromatic heterocycles. The van der Waals surface area contributed by atoms with Gasteiger partial charge in [-0.05, 0) is 0 Å². The molecule has 1 aromatic rings. The van der Waals surface area contributed by atoms with Gasteiger partial charge in [0.1, 0.15) is 6.23 Å². The van der Waals surface area contributed by atoms with Gasteiger partial charge in [0, 0.05) is 24.0 Å². The summed E-state index contributed by atoms with van der Waals surface area (Å²) >= 11 is 3.22. The van der Waals surface area contributed by atoms with Crippen LogP contribution in [0.25, 0.3) is 0 Å². The fourth-order valence-electron chi connectivity index (χ4n) is 1.68. The van der Waals surface area contributed by atoms with Crippen molar-refractivity contribution < 1.29 is 9.84 Å². The first-order chi connectivity index (χ1) is 7.61. The van der Waals surface area contributed by atoms with E-state index in [0.717, 1.165) is 0 Å². The molecule has 1 aliphatic heterocycles. The molecule has 7 heteroatoms. The summed E-state index contributed by atoms with van der Waals surface area (Å²) in [4.78, 5) is 24.5. The second-order valence-electron chi connectivity index (χ2n) is 3.60. The number of nitrogens with one attached hydrogen (secondary N) is 1. The molecule has 1 saturated heterocycles. The van der Waals surface area contributed by atoms with Crippen LogP contribution in [0.5, 0.6) is 0 Å². The smallest absolute Gasteiger partial charge is 0.330 e. The minimum atomic E-state index is -0.608. The number of hydrogen-bond donors (Lipinski definition) is 2. The van der Waals surface area contributed by atoms with Crippen molar-refractivity contribution in [2.75, 3.05) is 5.33 Å². The average Bonchev–Trinajstić information content (AvgIpc) is 2.59. The number of rotatable bonds is 2. The number of aliphatic hydroxyl groups excluding tert-OH is 1. The van der Waals surface area contributed by atoms with Crippen LogP contribution in [0.15, 0.2) is 21.9 Å². The van der Waals surface area contributed by atoms with E-state index in [9.17, 15) is 14.7 Å². The lowest BCUT2D eigenvalue weighted by Gasteiger charge is -2.13. The van der Waals surface area contributed by atoms with Crippen LogP contribution < -0.4 is 11.2 Å².